The molecule has 2 fully saturated rings. The van der Waals surface area contributed by atoms with E-state index in [0.717, 1.165) is 25.5 Å². The molecule has 2 heterocycles. The molecule has 0 saturated carbocycles. The van der Waals surface area contributed by atoms with Gasteiger partial charge in [-0.15, -0.1) is 0 Å². The highest BCUT2D eigenvalue weighted by Gasteiger charge is 2.48. The van der Waals surface area contributed by atoms with Crippen LogP contribution in [-0.2, 0) is 23.8 Å². The second-order valence-electron chi connectivity index (χ2n) is 12.1. The van der Waals surface area contributed by atoms with Gasteiger partial charge in [-0.2, -0.15) is 0 Å². The Morgan fingerprint density at radius 1 is 0.794 bits per heavy atom. The van der Waals surface area contributed by atoms with E-state index in [1.165, 1.54) is 12.0 Å². The molecule has 0 bridgehead atoms. The highest BCUT2D eigenvalue weighted by molar-refractivity contribution is 5.83. The molecule has 2 atom stereocenters. The second-order valence-corrected chi connectivity index (χ2v) is 12.1. The van der Waals surface area contributed by atoms with Crippen LogP contribution in [0.5, 0.6) is 0 Å². The van der Waals surface area contributed by atoms with E-state index in [4.69, 9.17) is 14.2 Å². The maximum atomic E-state index is 12.2. The van der Waals surface area contributed by atoms with Crippen LogP contribution in [0.4, 0.5) is 9.59 Å². The fraction of sp³-hybridized carbons (Fsp3) is 0.840. The Kier molecular flexibility index (Phi) is 9.20. The molecule has 0 spiro atoms. The Labute approximate surface area is 204 Å². The van der Waals surface area contributed by atoms with Gasteiger partial charge in [0.2, 0.25) is 0 Å². The van der Waals surface area contributed by atoms with Crippen molar-refractivity contribution in [2.75, 3.05) is 7.11 Å². The zero-order chi connectivity index (χ0) is 26.7. The third kappa shape index (κ3) is 7.87. The Morgan fingerprint density at radius 2 is 1.21 bits per heavy atom. The summed E-state index contributed by atoms with van der Waals surface area (Å²) >= 11 is 0. The largest absolute Gasteiger partial charge is 0.467 e. The first-order valence-electron chi connectivity index (χ1n) is 11.8. The number of amides is 2. The molecule has 0 aromatic carbocycles. The molecule has 2 unspecified atom stereocenters. The lowest BCUT2D eigenvalue weighted by Crippen LogP contribution is -2.51. The zero-order valence-corrected chi connectivity index (χ0v) is 22.8. The predicted molar refractivity (Wildman–Crippen MR) is 128 cm³/mol. The van der Waals surface area contributed by atoms with Crippen molar-refractivity contribution in [2.24, 2.45) is 0 Å². The average Bonchev–Trinajstić information content (AvgIpc) is 3.13. The third-order valence-corrected chi connectivity index (χ3v) is 5.84. The van der Waals surface area contributed by atoms with Crippen LogP contribution in [0.1, 0.15) is 94.9 Å². The minimum Gasteiger partial charge on any atom is -0.467 e. The SMILES string of the molecule is CC(C)(C)OC(=O)N1C(C=O)CCC1(C)C.COC(=O)C1CCC(C)(C)N1C(=O)OC(C)(C)C. The first kappa shape index (κ1) is 29.7. The van der Waals surface area contributed by atoms with Gasteiger partial charge in [0.25, 0.3) is 0 Å². The van der Waals surface area contributed by atoms with Gasteiger partial charge in [0, 0.05) is 11.1 Å². The molecular weight excluding hydrogens is 440 g/mol. The average molecular weight is 485 g/mol. The summed E-state index contributed by atoms with van der Waals surface area (Å²) in [6, 6.07) is -0.885. The molecule has 0 radical (unpaired) electrons. The first-order chi connectivity index (χ1) is 15.3. The standard InChI is InChI=1S/C13H23NO4.C12H21NO3/c1-12(2,3)18-11(16)14-9(10(15)17-6)7-8-13(14,4)5;1-11(2,3)16-10(15)13-9(8-14)6-7-12(13,4)5/h9H,7-8H2,1-6H3;8-9H,6-7H2,1-5H3. The molecule has 2 rings (SSSR count). The van der Waals surface area contributed by atoms with Crippen LogP contribution >= 0.6 is 0 Å². The van der Waals surface area contributed by atoms with Crippen LogP contribution in [-0.4, -0.2) is 75.7 Å². The predicted octanol–water partition coefficient (Wildman–Crippen LogP) is 4.70. The van der Waals surface area contributed by atoms with Crippen molar-refractivity contribution in [1.29, 1.82) is 0 Å². The zero-order valence-electron chi connectivity index (χ0n) is 22.8. The number of hydrogen-bond donors (Lipinski definition) is 0. The number of rotatable bonds is 2. The van der Waals surface area contributed by atoms with Gasteiger partial charge in [0.1, 0.15) is 23.5 Å². The van der Waals surface area contributed by atoms with Crippen molar-refractivity contribution in [3.05, 3.63) is 0 Å². The summed E-state index contributed by atoms with van der Waals surface area (Å²) in [5.41, 5.74) is -1.78. The van der Waals surface area contributed by atoms with Crippen LogP contribution in [0.3, 0.4) is 0 Å². The number of ether oxygens (including phenoxy) is 3. The van der Waals surface area contributed by atoms with E-state index in [9.17, 15) is 19.2 Å². The van der Waals surface area contributed by atoms with Crippen molar-refractivity contribution >= 4 is 24.4 Å². The van der Waals surface area contributed by atoms with Crippen LogP contribution in [0.25, 0.3) is 0 Å². The molecular formula is C25H44N2O7. The summed E-state index contributed by atoms with van der Waals surface area (Å²) in [4.78, 5) is 49.9. The Morgan fingerprint density at radius 3 is 1.62 bits per heavy atom. The van der Waals surface area contributed by atoms with Gasteiger partial charge < -0.3 is 19.0 Å². The summed E-state index contributed by atoms with van der Waals surface area (Å²) in [5, 5.41) is 0. The van der Waals surface area contributed by atoms with Crippen molar-refractivity contribution < 1.29 is 33.4 Å². The molecule has 0 aromatic heterocycles. The number of esters is 1. The highest BCUT2D eigenvalue weighted by Crippen LogP contribution is 2.35. The van der Waals surface area contributed by atoms with Crippen molar-refractivity contribution in [3.63, 3.8) is 0 Å². The van der Waals surface area contributed by atoms with Gasteiger partial charge in [0.05, 0.1) is 13.2 Å². The molecule has 2 saturated heterocycles. The number of likely N-dealkylation sites (tertiary alicyclic amines) is 2. The van der Waals surface area contributed by atoms with Gasteiger partial charge in [-0.25, -0.2) is 14.4 Å². The number of methoxy groups -OCH3 is 1. The van der Waals surface area contributed by atoms with Gasteiger partial charge >= 0.3 is 18.2 Å². The fourth-order valence-corrected chi connectivity index (χ4v) is 4.23. The van der Waals surface area contributed by atoms with Gasteiger partial charge in [-0.3, -0.25) is 9.80 Å². The first-order valence-corrected chi connectivity index (χ1v) is 11.8. The molecule has 9 nitrogen and oxygen atoms in total. The van der Waals surface area contributed by atoms with E-state index < -0.39 is 29.4 Å². The van der Waals surface area contributed by atoms with E-state index in [0.29, 0.717) is 6.42 Å². The quantitative estimate of drug-likeness (QED) is 0.318. The van der Waals surface area contributed by atoms with E-state index in [1.807, 2.05) is 48.5 Å². The van der Waals surface area contributed by atoms with E-state index in [1.54, 1.807) is 25.7 Å². The minimum absolute atomic E-state index is 0.298. The monoisotopic (exact) mass is 484 g/mol. The maximum absolute atomic E-state index is 12.2. The van der Waals surface area contributed by atoms with Crippen LogP contribution in [0.2, 0.25) is 0 Å². The number of nitrogens with zero attached hydrogens (tertiary/aromatic N) is 2. The molecule has 9 heteroatoms. The molecule has 2 amide bonds. The molecule has 34 heavy (non-hydrogen) atoms. The van der Waals surface area contributed by atoms with Crippen molar-refractivity contribution in [3.8, 4) is 0 Å². The lowest BCUT2D eigenvalue weighted by atomic mass is 10.0. The number of aldehydes is 1. The molecule has 0 aromatic rings. The Balaban J connectivity index is 0.000000342. The number of carbonyl (C=O) groups is 4. The maximum Gasteiger partial charge on any atom is 0.411 e. The van der Waals surface area contributed by atoms with Crippen molar-refractivity contribution in [2.45, 2.75) is 129 Å². The summed E-state index contributed by atoms with van der Waals surface area (Å²) in [6.07, 6.45) is 2.89. The number of carbonyl (C=O) groups excluding carboxylic acids is 4. The highest BCUT2D eigenvalue weighted by atomic mass is 16.6. The van der Waals surface area contributed by atoms with Gasteiger partial charge in [-0.1, -0.05) is 0 Å². The molecule has 196 valence electrons. The topological polar surface area (TPSA) is 102 Å². The van der Waals surface area contributed by atoms with Crippen LogP contribution in [0, 0.1) is 0 Å². The summed E-state index contributed by atoms with van der Waals surface area (Å²) in [6.45, 7) is 18.7. The third-order valence-electron chi connectivity index (χ3n) is 5.84. The van der Waals surface area contributed by atoms with Crippen LogP contribution < -0.4 is 0 Å². The van der Waals surface area contributed by atoms with Crippen LogP contribution in [0.15, 0.2) is 0 Å². The summed E-state index contributed by atoms with van der Waals surface area (Å²) in [7, 11) is 1.33. The molecule has 0 aliphatic carbocycles. The normalized spacial score (nSPS) is 23.5. The van der Waals surface area contributed by atoms with Crippen molar-refractivity contribution in [1.82, 2.24) is 9.80 Å². The van der Waals surface area contributed by atoms with Gasteiger partial charge in [0.15, 0.2) is 0 Å². The van der Waals surface area contributed by atoms with E-state index in [2.05, 4.69) is 0 Å². The minimum atomic E-state index is -0.573. The second kappa shape index (κ2) is 10.5. The summed E-state index contributed by atoms with van der Waals surface area (Å²) in [5.74, 6) is -0.383. The van der Waals surface area contributed by atoms with E-state index in [-0.39, 0.29) is 23.1 Å². The van der Waals surface area contributed by atoms with Gasteiger partial charge in [-0.05, 0) is 94.9 Å². The number of hydrogen-bond acceptors (Lipinski definition) is 7. The Hall–Kier alpha value is -2.32. The summed E-state index contributed by atoms with van der Waals surface area (Å²) < 4.78 is 15.4. The lowest BCUT2D eigenvalue weighted by Gasteiger charge is -2.35. The molecule has 2 aliphatic rings. The lowest BCUT2D eigenvalue weighted by molar-refractivity contribution is -0.146. The fourth-order valence-electron chi connectivity index (χ4n) is 4.23. The molecule has 0 N–H and O–H groups in total. The molecule has 2 aliphatic heterocycles. The Bertz CT molecular complexity index is 762. The smallest absolute Gasteiger partial charge is 0.411 e. The van der Waals surface area contributed by atoms with E-state index >= 15 is 0 Å².